The van der Waals surface area contributed by atoms with E-state index in [1.54, 1.807) is 64.0 Å². The lowest BCUT2D eigenvalue weighted by atomic mass is 9.75. The Kier molecular flexibility index (Phi) is 18.9. The maximum atomic E-state index is 16.2. The van der Waals surface area contributed by atoms with Crippen molar-refractivity contribution in [1.82, 2.24) is 49.4 Å². The van der Waals surface area contributed by atoms with Gasteiger partial charge in [-0.2, -0.15) is 5.26 Å². The molecule has 11 rings (SSSR count). The van der Waals surface area contributed by atoms with Crippen LogP contribution in [0.2, 0.25) is 18.1 Å². The van der Waals surface area contributed by atoms with Gasteiger partial charge in [0.15, 0.2) is 48.5 Å². The third kappa shape index (κ3) is 13.2. The number of nitrogens with zero attached hydrogens (tertiary/aromatic N) is 9. The molecule has 2 saturated heterocycles. The first-order valence-corrected chi connectivity index (χ1v) is 34.2. The minimum atomic E-state index is -4.67. The van der Waals surface area contributed by atoms with Crippen molar-refractivity contribution >= 4 is 70.5 Å². The quantitative estimate of drug-likeness (QED) is 0.0189. The van der Waals surface area contributed by atoms with Crippen LogP contribution in [0.5, 0.6) is 0 Å². The van der Waals surface area contributed by atoms with Gasteiger partial charge in [0.1, 0.15) is 31.1 Å². The van der Waals surface area contributed by atoms with Crippen molar-refractivity contribution in [2.24, 2.45) is 5.92 Å². The van der Waals surface area contributed by atoms with Crippen LogP contribution in [0.1, 0.15) is 84.0 Å². The Hall–Kier alpha value is -8.14. The Bertz CT molecular complexity index is 3920. The molecule has 0 aliphatic carbocycles. The summed E-state index contributed by atoms with van der Waals surface area (Å²) in [5, 5.41) is 22.6. The largest absolute Gasteiger partial charge is 0.408 e. The number of anilines is 2. The van der Waals surface area contributed by atoms with Gasteiger partial charge in [0.25, 0.3) is 11.8 Å². The molecule has 0 radical (unpaired) electrons. The number of fused-ring (bicyclic) bond motifs is 2. The smallest absolute Gasteiger partial charge is 0.406 e. The number of imidazole rings is 2. The molecule has 26 heteroatoms. The summed E-state index contributed by atoms with van der Waals surface area (Å²) in [6.45, 7) is 11.4. The van der Waals surface area contributed by atoms with E-state index >= 15 is 4.57 Å². The molecule has 9 aromatic rings. The van der Waals surface area contributed by atoms with E-state index in [-0.39, 0.29) is 60.0 Å². The Balaban J connectivity index is 0.984. The summed E-state index contributed by atoms with van der Waals surface area (Å²) in [6.07, 6.45) is 0.618. The van der Waals surface area contributed by atoms with Crippen LogP contribution >= 0.6 is 16.4 Å². The molecule has 0 bridgehead atoms. The van der Waals surface area contributed by atoms with Crippen LogP contribution in [-0.2, 0) is 42.1 Å². The van der Waals surface area contributed by atoms with Crippen LogP contribution in [0, 0.1) is 17.2 Å². The molecule has 0 saturated carbocycles. The van der Waals surface area contributed by atoms with E-state index in [0.717, 1.165) is 16.7 Å². The average molecular weight is 1260 g/mol. The van der Waals surface area contributed by atoms with E-state index in [9.17, 15) is 19.4 Å². The molecule has 458 valence electrons. The van der Waals surface area contributed by atoms with Crippen LogP contribution in [0.15, 0.2) is 177 Å². The summed E-state index contributed by atoms with van der Waals surface area (Å²) in [6, 6.07) is 48.0. The van der Waals surface area contributed by atoms with Gasteiger partial charge in [-0.1, -0.05) is 155 Å². The number of amides is 2. The van der Waals surface area contributed by atoms with Gasteiger partial charge >= 0.3 is 16.4 Å². The zero-order valence-electron chi connectivity index (χ0n) is 49.7. The number of nitrogens with one attached hydrogen (secondary N) is 4. The van der Waals surface area contributed by atoms with Crippen LogP contribution in [0.4, 0.5) is 11.6 Å². The number of hydrogen-bond acceptors (Lipinski definition) is 18. The van der Waals surface area contributed by atoms with Crippen LogP contribution < -0.4 is 21.0 Å². The number of benzene rings is 5. The molecular weight excluding hydrogens is 1190 g/mol. The number of rotatable bonds is 24. The van der Waals surface area contributed by atoms with Crippen molar-refractivity contribution in [1.29, 1.82) is 5.26 Å². The number of nitriles is 1. The molecule has 4 N–H and O–H groups in total. The topological polar surface area (TPSA) is 283 Å². The number of hydrogen-bond donors (Lipinski definition) is 4. The summed E-state index contributed by atoms with van der Waals surface area (Å²) in [5.74, 6) is -0.915. The van der Waals surface area contributed by atoms with Gasteiger partial charge in [-0.05, 0) is 59.1 Å². The second-order valence-electron chi connectivity index (χ2n) is 23.1. The zero-order chi connectivity index (χ0) is 62.3. The Morgan fingerprint density at radius 3 is 1.58 bits per heavy atom. The van der Waals surface area contributed by atoms with Gasteiger partial charge in [0.05, 0.1) is 62.7 Å². The summed E-state index contributed by atoms with van der Waals surface area (Å²) in [7, 11) is -8.17. The molecule has 2 fully saturated rings. The van der Waals surface area contributed by atoms with E-state index in [4.69, 9.17) is 32.5 Å². The molecule has 9 atom stereocenters. The zero-order valence-corrected chi connectivity index (χ0v) is 52.5. The normalized spacial score (nSPS) is 21.2. The molecular formula is C63H67N13O10P2Si. The van der Waals surface area contributed by atoms with Crippen LogP contribution in [-0.4, -0.2) is 109 Å². The second kappa shape index (κ2) is 26.9. The molecule has 5 aromatic carbocycles. The first-order chi connectivity index (χ1) is 43.0. The summed E-state index contributed by atoms with van der Waals surface area (Å²) in [5.41, 5.74) is 3.74. The number of carbonyl (C=O) groups excluding carboxylic acids is 2. The molecule has 6 heterocycles. The highest BCUT2D eigenvalue weighted by atomic mass is 31.2. The number of aromatic nitrogens is 8. The van der Waals surface area contributed by atoms with Gasteiger partial charge in [0.2, 0.25) is 0 Å². The first-order valence-electron chi connectivity index (χ1n) is 29.0. The summed E-state index contributed by atoms with van der Waals surface area (Å²) in [4.78, 5) is 54.5. The molecule has 4 aromatic heterocycles. The minimum absolute atomic E-state index is 0.143. The molecule has 23 nitrogen and oxygen atoms in total. The Morgan fingerprint density at radius 2 is 1.11 bits per heavy atom. The highest BCUT2D eigenvalue weighted by molar-refractivity contribution is 7.51. The van der Waals surface area contributed by atoms with E-state index in [1.165, 1.54) is 19.0 Å². The predicted molar refractivity (Wildman–Crippen MR) is 335 cm³/mol. The summed E-state index contributed by atoms with van der Waals surface area (Å²) < 4.78 is 71.7. The Morgan fingerprint density at radius 1 is 0.652 bits per heavy atom. The predicted octanol–water partition coefficient (Wildman–Crippen LogP) is 11.2. The van der Waals surface area contributed by atoms with Crippen molar-refractivity contribution in [2.75, 3.05) is 30.5 Å². The maximum absolute atomic E-state index is 16.2. The second-order valence-corrected chi connectivity index (χ2v) is 30.1. The molecule has 0 spiro atoms. The lowest BCUT2D eigenvalue weighted by Gasteiger charge is -2.41. The summed E-state index contributed by atoms with van der Waals surface area (Å²) >= 11 is 0. The lowest BCUT2D eigenvalue weighted by Crippen LogP contribution is -2.55. The van der Waals surface area contributed by atoms with E-state index in [0.29, 0.717) is 22.3 Å². The van der Waals surface area contributed by atoms with Gasteiger partial charge in [-0.3, -0.25) is 37.6 Å². The Labute approximate surface area is 517 Å². The fourth-order valence-electron chi connectivity index (χ4n) is 11.1. The van der Waals surface area contributed by atoms with Gasteiger partial charge < -0.3 is 24.5 Å². The van der Waals surface area contributed by atoms with Crippen molar-refractivity contribution in [3.63, 3.8) is 0 Å². The monoisotopic (exact) mass is 1260 g/mol. The molecule has 89 heavy (non-hydrogen) atoms. The third-order valence-corrected chi connectivity index (χ3v) is 23.0. The average Bonchev–Trinajstić information content (AvgIpc) is 1.87. The minimum Gasteiger partial charge on any atom is -0.408 e. The first kappa shape index (κ1) is 62.5. The highest BCUT2D eigenvalue weighted by Gasteiger charge is 2.55. The number of ether oxygens (including phenoxy) is 2. The van der Waals surface area contributed by atoms with Crippen molar-refractivity contribution < 1.29 is 46.2 Å². The van der Waals surface area contributed by atoms with Crippen molar-refractivity contribution in [2.45, 2.75) is 101 Å². The lowest BCUT2D eigenvalue weighted by molar-refractivity contribution is -0.0421. The number of carbonyl (C=O) groups is 2. The SMILES string of the molecule is C[C@@H]1C(NC(c2ccccc2)(c2ccccc2)c2ccccc2)[C@@H](COP(=O)(N[C@H]2[C@@H](O[Si](C)(C)C(C)(C)C)[C@H](n3cnc4c(NC(=O)c5ccccc5)ncnc43)O[C@@H]2COP=O)OCCC#N)O[C@H]1n1cnc2c(NC(=O)c3ccccc3)ncnc21. The maximum Gasteiger partial charge on any atom is 0.406 e. The molecule has 2 unspecified atom stereocenters. The fraction of sp³-hybridized carbons (Fsp3) is 0.317. The van der Waals surface area contributed by atoms with E-state index in [2.05, 4.69) is 122 Å². The van der Waals surface area contributed by atoms with Gasteiger partial charge in [0, 0.05) is 23.1 Å². The van der Waals surface area contributed by atoms with Gasteiger partial charge in [-0.25, -0.2) is 44.1 Å². The molecule has 2 amide bonds. The van der Waals surface area contributed by atoms with Crippen molar-refractivity contribution in [3.05, 3.63) is 205 Å². The molecule has 2 aliphatic heterocycles. The molecule has 2 aliphatic rings. The highest BCUT2D eigenvalue weighted by Crippen LogP contribution is 2.51. The standard InChI is InChI=1S/C63H67N13O10P2Si/c1-41-49(73-63(44-27-16-9-17-28-44,45-29-18-10-19-30-45)46-31-20-11-21-32-46)48(84-60(41)75-39-69-51-54(65-37-67-56(51)75)71-58(77)42-23-12-7-13-24-42)36-83-88(80,82-34-22-33-64)74-50-47(35-81-87-79)85-61(53(50)86-89(5,6)62(2,3)4)76-40-70-52-55(66-38-68-57(52)76)72-59(78)43-25-14-8-15-26-43/h7-21,23-32,37-41,47-50,53,60-61,73H,22,34-36H2,1-6H3,(H,74,80)(H,65,67,71,77)(H,66,68,72,78)/t41-,47-,48-,49?,50-,53-,60-,61-,88?/m1/s1. The third-order valence-electron chi connectivity index (χ3n) is 16.6. The fourth-order valence-corrected chi connectivity index (χ4v) is 14.2. The van der Waals surface area contributed by atoms with Crippen LogP contribution in [0.3, 0.4) is 0 Å². The van der Waals surface area contributed by atoms with E-state index in [1.807, 2.05) is 73.7 Å². The van der Waals surface area contributed by atoms with Gasteiger partial charge in [-0.15, -0.1) is 0 Å². The van der Waals surface area contributed by atoms with E-state index < -0.39 is 85.0 Å². The van der Waals surface area contributed by atoms with Crippen molar-refractivity contribution in [3.8, 4) is 6.07 Å². The van der Waals surface area contributed by atoms with Crippen LogP contribution in [0.25, 0.3) is 22.3 Å².